The maximum absolute atomic E-state index is 11.8. The Labute approximate surface area is 112 Å². The number of rotatable bonds is 5. The first kappa shape index (κ1) is 13.1. The first-order chi connectivity index (χ1) is 9.25. The van der Waals surface area contributed by atoms with Crippen LogP contribution in [0.1, 0.15) is 22.5 Å². The minimum absolute atomic E-state index is 0.180. The van der Waals surface area contributed by atoms with Gasteiger partial charge in [0, 0.05) is 18.4 Å². The van der Waals surface area contributed by atoms with Crippen LogP contribution >= 0.6 is 0 Å². The molecule has 2 rings (SSSR count). The average Bonchev–Trinajstić information content (AvgIpc) is 2.44. The second kappa shape index (κ2) is 6.54. The van der Waals surface area contributed by atoms with Crippen molar-refractivity contribution in [2.24, 2.45) is 0 Å². The molecule has 0 spiro atoms. The van der Waals surface area contributed by atoms with E-state index in [1.165, 1.54) is 11.8 Å². The molecule has 0 saturated heterocycles. The number of pyridine rings is 1. The number of anilines is 1. The molecule has 0 saturated carbocycles. The molecule has 2 aromatic rings. The van der Waals surface area contributed by atoms with Crippen LogP contribution in [-0.2, 0) is 6.42 Å². The molecule has 19 heavy (non-hydrogen) atoms. The fourth-order valence-electron chi connectivity index (χ4n) is 1.80. The third-order valence-corrected chi connectivity index (χ3v) is 2.79. The molecule has 1 aromatic carbocycles. The molecule has 1 aromatic heterocycles. The zero-order valence-electron chi connectivity index (χ0n) is 10.7. The van der Waals surface area contributed by atoms with E-state index in [0.717, 1.165) is 12.8 Å². The van der Waals surface area contributed by atoms with Gasteiger partial charge in [0.1, 0.15) is 5.69 Å². The quantitative estimate of drug-likeness (QED) is 0.803. The van der Waals surface area contributed by atoms with E-state index < -0.39 is 0 Å². The summed E-state index contributed by atoms with van der Waals surface area (Å²) in [5.41, 5.74) is 7.79. The van der Waals surface area contributed by atoms with Crippen LogP contribution in [0, 0.1) is 0 Å². The summed E-state index contributed by atoms with van der Waals surface area (Å²) in [6, 6.07) is 13.4. The lowest BCUT2D eigenvalue weighted by atomic mass is 10.1. The SMILES string of the molecule is Nc1ccnc(C(=O)NCCCc2ccccc2)c1. The van der Waals surface area contributed by atoms with Gasteiger partial charge in [-0.1, -0.05) is 30.3 Å². The lowest BCUT2D eigenvalue weighted by Crippen LogP contribution is -2.25. The number of nitrogen functional groups attached to an aromatic ring is 1. The Morgan fingerprint density at radius 2 is 2.00 bits per heavy atom. The van der Waals surface area contributed by atoms with E-state index in [9.17, 15) is 4.79 Å². The Kier molecular flexibility index (Phi) is 4.50. The summed E-state index contributed by atoms with van der Waals surface area (Å²) < 4.78 is 0. The lowest BCUT2D eigenvalue weighted by Gasteiger charge is -2.05. The van der Waals surface area contributed by atoms with Crippen LogP contribution < -0.4 is 11.1 Å². The van der Waals surface area contributed by atoms with E-state index in [1.54, 1.807) is 12.1 Å². The van der Waals surface area contributed by atoms with Crippen molar-refractivity contribution in [2.45, 2.75) is 12.8 Å². The highest BCUT2D eigenvalue weighted by molar-refractivity contribution is 5.92. The number of nitrogens with one attached hydrogen (secondary N) is 1. The Bertz CT molecular complexity index is 540. The number of aromatic nitrogens is 1. The monoisotopic (exact) mass is 255 g/mol. The van der Waals surface area contributed by atoms with Crippen molar-refractivity contribution in [1.82, 2.24) is 10.3 Å². The molecule has 0 unspecified atom stereocenters. The summed E-state index contributed by atoms with van der Waals surface area (Å²) in [6.07, 6.45) is 3.39. The van der Waals surface area contributed by atoms with Crippen LogP contribution in [0.3, 0.4) is 0 Å². The van der Waals surface area contributed by atoms with Crippen LogP contribution in [0.5, 0.6) is 0 Å². The van der Waals surface area contributed by atoms with Crippen LogP contribution in [0.25, 0.3) is 0 Å². The van der Waals surface area contributed by atoms with Gasteiger partial charge in [-0.25, -0.2) is 0 Å². The molecule has 98 valence electrons. The number of nitrogens with two attached hydrogens (primary N) is 1. The van der Waals surface area contributed by atoms with Crippen molar-refractivity contribution >= 4 is 11.6 Å². The van der Waals surface area contributed by atoms with Crippen molar-refractivity contribution in [3.05, 3.63) is 59.9 Å². The standard InChI is InChI=1S/C15H17N3O/c16-13-8-10-17-14(11-13)15(19)18-9-4-7-12-5-2-1-3-6-12/h1-3,5-6,8,10-11H,4,7,9H2,(H2,16,17)(H,18,19). The van der Waals surface area contributed by atoms with E-state index in [4.69, 9.17) is 5.73 Å². The molecule has 4 heteroatoms. The highest BCUT2D eigenvalue weighted by Gasteiger charge is 2.06. The Hall–Kier alpha value is -2.36. The first-order valence-corrected chi connectivity index (χ1v) is 6.29. The van der Waals surface area contributed by atoms with Crippen LogP contribution in [0.4, 0.5) is 5.69 Å². The van der Waals surface area contributed by atoms with E-state index in [-0.39, 0.29) is 5.91 Å². The van der Waals surface area contributed by atoms with Gasteiger partial charge in [-0.05, 0) is 30.5 Å². The summed E-state index contributed by atoms with van der Waals surface area (Å²) >= 11 is 0. The predicted octanol–water partition coefficient (Wildman–Crippen LogP) is 2.03. The van der Waals surface area contributed by atoms with Gasteiger partial charge in [-0.15, -0.1) is 0 Å². The summed E-state index contributed by atoms with van der Waals surface area (Å²) in [6.45, 7) is 0.629. The number of carbonyl (C=O) groups is 1. The minimum Gasteiger partial charge on any atom is -0.399 e. The van der Waals surface area contributed by atoms with Gasteiger partial charge in [-0.3, -0.25) is 9.78 Å². The number of aryl methyl sites for hydroxylation is 1. The number of nitrogens with zero attached hydrogens (tertiary/aromatic N) is 1. The molecular formula is C15H17N3O. The highest BCUT2D eigenvalue weighted by Crippen LogP contribution is 2.03. The Morgan fingerprint density at radius 3 is 2.74 bits per heavy atom. The second-order valence-electron chi connectivity index (χ2n) is 4.32. The van der Waals surface area contributed by atoms with Gasteiger partial charge in [0.05, 0.1) is 0 Å². The minimum atomic E-state index is -0.180. The zero-order chi connectivity index (χ0) is 13.5. The molecule has 0 radical (unpaired) electrons. The lowest BCUT2D eigenvalue weighted by molar-refractivity contribution is 0.0948. The average molecular weight is 255 g/mol. The van der Waals surface area contributed by atoms with Gasteiger partial charge >= 0.3 is 0 Å². The van der Waals surface area contributed by atoms with E-state index in [1.807, 2.05) is 18.2 Å². The molecular weight excluding hydrogens is 238 g/mol. The van der Waals surface area contributed by atoms with Gasteiger partial charge in [0.25, 0.3) is 5.91 Å². The van der Waals surface area contributed by atoms with Crippen LogP contribution in [0.2, 0.25) is 0 Å². The van der Waals surface area contributed by atoms with E-state index in [0.29, 0.717) is 17.9 Å². The van der Waals surface area contributed by atoms with Crippen molar-refractivity contribution in [3.8, 4) is 0 Å². The Balaban J connectivity index is 1.75. The largest absolute Gasteiger partial charge is 0.399 e. The summed E-state index contributed by atoms with van der Waals surface area (Å²) in [5.74, 6) is -0.180. The number of amides is 1. The number of carbonyl (C=O) groups excluding carboxylic acids is 1. The van der Waals surface area contributed by atoms with Gasteiger partial charge in [0.2, 0.25) is 0 Å². The maximum Gasteiger partial charge on any atom is 0.269 e. The topological polar surface area (TPSA) is 68.0 Å². The number of hydrogen-bond acceptors (Lipinski definition) is 3. The van der Waals surface area contributed by atoms with Crippen LogP contribution in [0.15, 0.2) is 48.7 Å². The molecule has 0 atom stereocenters. The molecule has 0 bridgehead atoms. The number of hydrogen-bond donors (Lipinski definition) is 2. The third kappa shape index (κ3) is 4.10. The molecule has 3 N–H and O–H groups in total. The van der Waals surface area contributed by atoms with Crippen molar-refractivity contribution in [2.75, 3.05) is 12.3 Å². The molecule has 0 aliphatic carbocycles. The third-order valence-electron chi connectivity index (χ3n) is 2.79. The summed E-state index contributed by atoms with van der Waals surface area (Å²) in [7, 11) is 0. The summed E-state index contributed by atoms with van der Waals surface area (Å²) in [5, 5.41) is 2.84. The van der Waals surface area contributed by atoms with Gasteiger partial charge in [-0.2, -0.15) is 0 Å². The van der Waals surface area contributed by atoms with Gasteiger partial charge < -0.3 is 11.1 Å². The maximum atomic E-state index is 11.8. The van der Waals surface area contributed by atoms with Crippen LogP contribution in [-0.4, -0.2) is 17.4 Å². The van der Waals surface area contributed by atoms with Crippen molar-refractivity contribution in [3.63, 3.8) is 0 Å². The molecule has 0 fully saturated rings. The molecule has 0 aliphatic heterocycles. The molecule has 0 aliphatic rings. The molecule has 1 heterocycles. The molecule has 4 nitrogen and oxygen atoms in total. The van der Waals surface area contributed by atoms with E-state index in [2.05, 4.69) is 22.4 Å². The van der Waals surface area contributed by atoms with Crippen molar-refractivity contribution in [1.29, 1.82) is 0 Å². The van der Waals surface area contributed by atoms with Gasteiger partial charge in [0.15, 0.2) is 0 Å². The Morgan fingerprint density at radius 1 is 1.21 bits per heavy atom. The van der Waals surface area contributed by atoms with Crippen molar-refractivity contribution < 1.29 is 4.79 Å². The van der Waals surface area contributed by atoms with E-state index >= 15 is 0 Å². The predicted molar refractivity (Wildman–Crippen MR) is 75.7 cm³/mol. The summed E-state index contributed by atoms with van der Waals surface area (Å²) in [4.78, 5) is 15.8. The zero-order valence-corrected chi connectivity index (χ0v) is 10.7. The first-order valence-electron chi connectivity index (χ1n) is 6.29. The molecule has 1 amide bonds. The second-order valence-corrected chi connectivity index (χ2v) is 4.32. The fourth-order valence-corrected chi connectivity index (χ4v) is 1.80. The highest BCUT2D eigenvalue weighted by atomic mass is 16.1. The smallest absolute Gasteiger partial charge is 0.269 e. The number of benzene rings is 1. The fraction of sp³-hybridized carbons (Fsp3) is 0.200. The normalized spacial score (nSPS) is 10.1.